The van der Waals surface area contributed by atoms with Crippen LogP contribution in [0.1, 0.15) is 16.7 Å². The van der Waals surface area contributed by atoms with Gasteiger partial charge >= 0.3 is 0 Å². The van der Waals surface area contributed by atoms with Crippen molar-refractivity contribution in [2.24, 2.45) is 0 Å². The van der Waals surface area contributed by atoms with Crippen LogP contribution in [0.15, 0.2) is 29.6 Å². The van der Waals surface area contributed by atoms with Gasteiger partial charge in [0.1, 0.15) is 0 Å². The van der Waals surface area contributed by atoms with Crippen LogP contribution in [0.25, 0.3) is 0 Å². The fraction of sp³-hybridized carbons (Fsp3) is 0.500. The van der Waals surface area contributed by atoms with Gasteiger partial charge in [0, 0.05) is 49.0 Å². The molecule has 3 heterocycles. The molecule has 0 spiro atoms. The molecule has 7 heteroatoms. The first-order valence-electron chi connectivity index (χ1n) is 8.62. The van der Waals surface area contributed by atoms with Gasteiger partial charge in [-0.05, 0) is 36.9 Å². The molecule has 25 heavy (non-hydrogen) atoms. The molecule has 0 aliphatic carbocycles. The SMILES string of the molecule is C[C@@H](C(=O)NCCc1cccs1)N1CCN(Cc2ccc(Cl)s2)CC1. The summed E-state index contributed by atoms with van der Waals surface area (Å²) in [4.78, 5) is 19.7. The molecule has 4 nitrogen and oxygen atoms in total. The topological polar surface area (TPSA) is 35.6 Å². The van der Waals surface area contributed by atoms with E-state index in [1.54, 1.807) is 22.7 Å². The van der Waals surface area contributed by atoms with E-state index in [0.29, 0.717) is 6.54 Å². The smallest absolute Gasteiger partial charge is 0.237 e. The minimum atomic E-state index is -0.0679. The first kappa shape index (κ1) is 18.9. The molecule has 0 aromatic carbocycles. The van der Waals surface area contributed by atoms with Crippen LogP contribution in [-0.4, -0.2) is 54.5 Å². The zero-order valence-electron chi connectivity index (χ0n) is 14.4. The Morgan fingerprint density at radius 3 is 2.68 bits per heavy atom. The van der Waals surface area contributed by atoms with Crippen molar-refractivity contribution >= 4 is 40.2 Å². The molecule has 1 aliphatic heterocycles. The van der Waals surface area contributed by atoms with Crippen LogP contribution in [0.2, 0.25) is 4.34 Å². The number of amides is 1. The van der Waals surface area contributed by atoms with Gasteiger partial charge in [-0.2, -0.15) is 0 Å². The Kier molecular flexibility index (Phi) is 6.90. The average molecular weight is 398 g/mol. The Labute approximate surface area is 162 Å². The lowest BCUT2D eigenvalue weighted by atomic mass is 10.2. The molecule has 1 N–H and O–H groups in total. The molecular weight excluding hydrogens is 374 g/mol. The summed E-state index contributed by atoms with van der Waals surface area (Å²) in [7, 11) is 0. The lowest BCUT2D eigenvalue weighted by molar-refractivity contribution is -0.126. The summed E-state index contributed by atoms with van der Waals surface area (Å²) in [5.41, 5.74) is 0. The highest BCUT2D eigenvalue weighted by Crippen LogP contribution is 2.23. The Balaban J connectivity index is 1.38. The summed E-state index contributed by atoms with van der Waals surface area (Å²) >= 11 is 9.39. The molecule has 136 valence electrons. The summed E-state index contributed by atoms with van der Waals surface area (Å²) < 4.78 is 0.849. The third-order valence-corrected chi connectivity index (χ3v) is 6.75. The largest absolute Gasteiger partial charge is 0.354 e. The van der Waals surface area contributed by atoms with Crippen LogP contribution in [-0.2, 0) is 17.8 Å². The molecular formula is C18H24ClN3OS2. The minimum Gasteiger partial charge on any atom is -0.354 e. The minimum absolute atomic E-state index is 0.0679. The highest BCUT2D eigenvalue weighted by atomic mass is 35.5. The van der Waals surface area contributed by atoms with E-state index in [4.69, 9.17) is 11.6 Å². The van der Waals surface area contributed by atoms with Crippen molar-refractivity contribution in [2.75, 3.05) is 32.7 Å². The normalized spacial score (nSPS) is 17.5. The molecule has 3 rings (SSSR count). The van der Waals surface area contributed by atoms with Crippen LogP contribution in [0.3, 0.4) is 0 Å². The van der Waals surface area contributed by atoms with E-state index in [2.05, 4.69) is 32.6 Å². The first-order chi connectivity index (χ1) is 12.1. The van der Waals surface area contributed by atoms with E-state index in [-0.39, 0.29) is 11.9 Å². The predicted octanol–water partition coefficient (Wildman–Crippen LogP) is 3.33. The number of piperazine rings is 1. The Morgan fingerprint density at radius 1 is 1.24 bits per heavy atom. The number of rotatable bonds is 7. The molecule has 2 aromatic rings. The number of hydrogen-bond acceptors (Lipinski definition) is 5. The van der Waals surface area contributed by atoms with Gasteiger partial charge < -0.3 is 5.32 Å². The third kappa shape index (κ3) is 5.53. The average Bonchev–Trinajstić information content (AvgIpc) is 3.27. The van der Waals surface area contributed by atoms with Crippen molar-refractivity contribution in [3.8, 4) is 0 Å². The second-order valence-corrected chi connectivity index (χ2v) is 9.15. The number of thiophene rings is 2. The standard InChI is InChI=1S/C18H24ClN3OS2/c1-14(18(23)20-7-6-15-3-2-12-24-15)22-10-8-21(9-11-22)13-16-4-5-17(19)25-16/h2-5,12,14H,6-11,13H2,1H3,(H,20,23)/t14-/m0/s1. The maximum Gasteiger partial charge on any atom is 0.237 e. The van der Waals surface area contributed by atoms with Gasteiger partial charge in [-0.3, -0.25) is 14.6 Å². The fourth-order valence-electron chi connectivity index (χ4n) is 3.04. The Bertz CT molecular complexity index is 666. The summed E-state index contributed by atoms with van der Waals surface area (Å²) in [5, 5.41) is 5.14. The van der Waals surface area contributed by atoms with Gasteiger partial charge in [0.05, 0.1) is 10.4 Å². The van der Waals surface area contributed by atoms with E-state index >= 15 is 0 Å². The van der Waals surface area contributed by atoms with Crippen LogP contribution in [0.5, 0.6) is 0 Å². The zero-order valence-corrected chi connectivity index (χ0v) is 16.8. The van der Waals surface area contributed by atoms with Gasteiger partial charge in [0.2, 0.25) is 5.91 Å². The van der Waals surface area contributed by atoms with Gasteiger partial charge in [-0.1, -0.05) is 17.7 Å². The summed E-state index contributed by atoms with van der Waals surface area (Å²) in [6, 6.07) is 8.15. The fourth-order valence-corrected chi connectivity index (χ4v) is 4.88. The third-order valence-electron chi connectivity index (χ3n) is 4.59. The lowest BCUT2D eigenvalue weighted by Crippen LogP contribution is -2.53. The molecule has 2 aromatic heterocycles. The summed E-state index contributed by atoms with van der Waals surface area (Å²) in [5.74, 6) is 0.134. The van der Waals surface area contributed by atoms with Crippen LogP contribution in [0.4, 0.5) is 0 Å². The molecule has 1 amide bonds. The predicted molar refractivity (Wildman–Crippen MR) is 107 cm³/mol. The highest BCUT2D eigenvalue weighted by Gasteiger charge is 2.25. The van der Waals surface area contributed by atoms with Crippen molar-refractivity contribution in [2.45, 2.75) is 25.9 Å². The van der Waals surface area contributed by atoms with E-state index in [1.165, 1.54) is 9.75 Å². The number of nitrogens with zero attached hydrogens (tertiary/aromatic N) is 2. The number of halogens is 1. The maximum absolute atomic E-state index is 12.4. The summed E-state index contributed by atoms with van der Waals surface area (Å²) in [6.45, 7) is 7.51. The molecule has 0 bridgehead atoms. The van der Waals surface area contributed by atoms with Gasteiger partial charge in [0.25, 0.3) is 0 Å². The number of carbonyl (C=O) groups excluding carboxylic acids is 1. The van der Waals surface area contributed by atoms with Crippen molar-refractivity contribution in [1.82, 2.24) is 15.1 Å². The lowest BCUT2D eigenvalue weighted by Gasteiger charge is -2.37. The van der Waals surface area contributed by atoms with Gasteiger partial charge in [0.15, 0.2) is 0 Å². The van der Waals surface area contributed by atoms with Crippen molar-refractivity contribution in [3.05, 3.63) is 43.7 Å². The number of carbonyl (C=O) groups is 1. The van der Waals surface area contributed by atoms with Gasteiger partial charge in [-0.25, -0.2) is 0 Å². The highest BCUT2D eigenvalue weighted by molar-refractivity contribution is 7.16. The second kappa shape index (κ2) is 9.14. The van der Waals surface area contributed by atoms with Crippen LogP contribution < -0.4 is 5.32 Å². The molecule has 1 aliphatic rings. The van der Waals surface area contributed by atoms with Crippen molar-refractivity contribution < 1.29 is 4.79 Å². The van der Waals surface area contributed by atoms with Crippen molar-refractivity contribution in [1.29, 1.82) is 0 Å². The number of nitrogens with one attached hydrogen (secondary N) is 1. The zero-order chi connectivity index (χ0) is 17.6. The van der Waals surface area contributed by atoms with Gasteiger partial charge in [-0.15, -0.1) is 22.7 Å². The Hall–Kier alpha value is -0.920. The molecule has 1 atom stereocenters. The molecule has 0 saturated carbocycles. The quantitative estimate of drug-likeness (QED) is 0.778. The Morgan fingerprint density at radius 2 is 2.04 bits per heavy atom. The van der Waals surface area contributed by atoms with Crippen LogP contribution >= 0.6 is 34.3 Å². The molecule has 0 radical (unpaired) electrons. The van der Waals surface area contributed by atoms with Crippen LogP contribution in [0, 0.1) is 0 Å². The summed E-state index contributed by atoms with van der Waals surface area (Å²) in [6.07, 6.45) is 0.910. The number of hydrogen-bond donors (Lipinski definition) is 1. The second-order valence-electron chi connectivity index (χ2n) is 6.31. The molecule has 0 unspecified atom stereocenters. The monoisotopic (exact) mass is 397 g/mol. The van der Waals surface area contributed by atoms with E-state index in [1.807, 2.05) is 19.1 Å². The molecule has 1 saturated heterocycles. The van der Waals surface area contributed by atoms with Crippen molar-refractivity contribution in [3.63, 3.8) is 0 Å². The maximum atomic E-state index is 12.4. The van der Waals surface area contributed by atoms with E-state index in [9.17, 15) is 4.79 Å². The molecule has 1 fully saturated rings. The van der Waals surface area contributed by atoms with E-state index < -0.39 is 0 Å². The van der Waals surface area contributed by atoms with E-state index in [0.717, 1.165) is 43.5 Å². The first-order valence-corrected chi connectivity index (χ1v) is 10.7.